The molecule has 0 bridgehead atoms. The highest BCUT2D eigenvalue weighted by Gasteiger charge is 2.30. The third-order valence-corrected chi connectivity index (χ3v) is 6.80. The molecule has 1 fully saturated rings. The zero-order valence-corrected chi connectivity index (χ0v) is 13.3. The summed E-state index contributed by atoms with van der Waals surface area (Å²) in [4.78, 5) is 0. The molecule has 0 saturated carbocycles. The van der Waals surface area contributed by atoms with Gasteiger partial charge in [0.05, 0.1) is 0 Å². The molecular weight excluding hydrogens is 246 g/mol. The van der Waals surface area contributed by atoms with E-state index in [1.165, 1.54) is 17.7 Å². The molecule has 3 heteroatoms. The van der Waals surface area contributed by atoms with Crippen molar-refractivity contribution in [3.8, 4) is 0 Å². The van der Waals surface area contributed by atoms with Gasteiger partial charge in [-0.2, -0.15) is 23.5 Å². The number of hydrogen-bond acceptors (Lipinski definition) is 3. The maximum atomic E-state index is 4.08. The molecule has 17 heavy (non-hydrogen) atoms. The zero-order valence-electron chi connectivity index (χ0n) is 11.7. The molecule has 1 saturated heterocycles. The second-order valence-electron chi connectivity index (χ2n) is 5.14. The summed E-state index contributed by atoms with van der Waals surface area (Å²) in [5.41, 5.74) is 1.30. The Morgan fingerprint density at radius 3 is 2.65 bits per heavy atom. The molecule has 0 amide bonds. The van der Waals surface area contributed by atoms with Crippen molar-refractivity contribution in [3.63, 3.8) is 0 Å². The van der Waals surface area contributed by atoms with Crippen LogP contribution in [0.15, 0.2) is 12.2 Å². The van der Waals surface area contributed by atoms with Crippen LogP contribution in [-0.2, 0) is 0 Å². The van der Waals surface area contributed by atoms with Gasteiger partial charge < -0.3 is 5.32 Å². The van der Waals surface area contributed by atoms with Crippen LogP contribution < -0.4 is 5.32 Å². The van der Waals surface area contributed by atoms with Crippen molar-refractivity contribution in [3.05, 3.63) is 12.2 Å². The summed E-state index contributed by atoms with van der Waals surface area (Å²) in [6.45, 7) is 14.3. The summed E-state index contributed by atoms with van der Waals surface area (Å²) in [6.07, 6.45) is 2.34. The molecule has 100 valence electrons. The summed E-state index contributed by atoms with van der Waals surface area (Å²) in [5, 5.41) is 6.03. The number of hydrogen-bond donors (Lipinski definition) is 1. The van der Waals surface area contributed by atoms with Gasteiger partial charge >= 0.3 is 0 Å². The van der Waals surface area contributed by atoms with Crippen LogP contribution >= 0.6 is 23.5 Å². The van der Waals surface area contributed by atoms with Gasteiger partial charge in [0.25, 0.3) is 0 Å². The van der Waals surface area contributed by atoms with E-state index in [-0.39, 0.29) is 0 Å². The van der Waals surface area contributed by atoms with Crippen molar-refractivity contribution in [1.29, 1.82) is 0 Å². The lowest BCUT2D eigenvalue weighted by atomic mass is 10.1. The largest absolute Gasteiger partial charge is 0.313 e. The molecule has 0 aromatic rings. The predicted molar refractivity (Wildman–Crippen MR) is 84.3 cm³/mol. The Labute approximate surface area is 116 Å². The molecule has 1 heterocycles. The van der Waals surface area contributed by atoms with Crippen LogP contribution in [0.5, 0.6) is 0 Å². The van der Waals surface area contributed by atoms with Crippen molar-refractivity contribution in [2.45, 2.75) is 62.3 Å². The summed E-state index contributed by atoms with van der Waals surface area (Å²) in [6, 6.07) is 0.611. The Bertz CT molecular complexity index is 242. The maximum Gasteiger partial charge on any atom is 0.0298 e. The van der Waals surface area contributed by atoms with Crippen molar-refractivity contribution in [1.82, 2.24) is 5.32 Å². The smallest absolute Gasteiger partial charge is 0.0298 e. The molecule has 1 rings (SSSR count). The topological polar surface area (TPSA) is 12.0 Å². The monoisotopic (exact) mass is 273 g/mol. The predicted octanol–water partition coefficient (Wildman–Crippen LogP) is 3.95. The molecule has 1 N–H and O–H groups in total. The lowest BCUT2D eigenvalue weighted by molar-refractivity contribution is 0.503. The van der Waals surface area contributed by atoms with Crippen molar-refractivity contribution >= 4 is 23.5 Å². The van der Waals surface area contributed by atoms with Crippen molar-refractivity contribution in [2.75, 3.05) is 12.3 Å². The molecule has 0 radical (unpaired) electrons. The van der Waals surface area contributed by atoms with Gasteiger partial charge in [0, 0.05) is 27.5 Å². The van der Waals surface area contributed by atoms with E-state index in [1.54, 1.807) is 0 Å². The van der Waals surface area contributed by atoms with Gasteiger partial charge in [0.1, 0.15) is 0 Å². The quantitative estimate of drug-likeness (QED) is 0.736. The molecule has 1 aliphatic heterocycles. The molecular formula is C14H27NS2. The Balaban J connectivity index is 2.53. The zero-order chi connectivity index (χ0) is 12.8. The molecule has 1 aliphatic rings. The highest BCUT2D eigenvalue weighted by atomic mass is 32.2. The minimum absolute atomic E-state index is 0.611. The van der Waals surface area contributed by atoms with Gasteiger partial charge in [-0.15, -0.1) is 6.58 Å². The molecule has 4 atom stereocenters. The van der Waals surface area contributed by atoms with Crippen LogP contribution in [0.4, 0.5) is 0 Å². The van der Waals surface area contributed by atoms with Gasteiger partial charge in [-0.1, -0.05) is 26.3 Å². The molecule has 4 unspecified atom stereocenters. The van der Waals surface area contributed by atoms with E-state index in [0.717, 1.165) is 28.7 Å². The lowest BCUT2D eigenvalue weighted by Crippen LogP contribution is -2.43. The fraction of sp³-hybridized carbons (Fsp3) is 0.857. The first-order chi connectivity index (χ1) is 8.04. The Hall–Kier alpha value is 0.400. The van der Waals surface area contributed by atoms with Crippen molar-refractivity contribution in [2.24, 2.45) is 0 Å². The first kappa shape index (κ1) is 15.5. The molecule has 0 aromatic heterocycles. The molecule has 0 aliphatic carbocycles. The fourth-order valence-electron chi connectivity index (χ4n) is 2.06. The normalized spacial score (nSPS) is 31.2. The van der Waals surface area contributed by atoms with E-state index in [2.05, 4.69) is 63.1 Å². The first-order valence-corrected chi connectivity index (χ1v) is 8.68. The Morgan fingerprint density at radius 1 is 1.41 bits per heavy atom. The van der Waals surface area contributed by atoms with Crippen LogP contribution in [-0.4, -0.2) is 34.1 Å². The van der Waals surface area contributed by atoms with Gasteiger partial charge in [0.2, 0.25) is 0 Å². The molecule has 0 aromatic carbocycles. The molecule has 1 nitrogen and oxygen atoms in total. The standard InChI is InChI=1S/C14H27NS2/c1-6-7-15-13(8-10(2)3)14-9-16-11(4)12(5)17-14/h11-15H,2,6-9H2,1,3-5H3. The average molecular weight is 274 g/mol. The van der Waals surface area contributed by atoms with Crippen LogP contribution in [0.2, 0.25) is 0 Å². The summed E-state index contributed by atoms with van der Waals surface area (Å²) >= 11 is 4.30. The van der Waals surface area contributed by atoms with Crippen LogP contribution in [0, 0.1) is 0 Å². The van der Waals surface area contributed by atoms with Gasteiger partial charge in [0.15, 0.2) is 0 Å². The third-order valence-electron chi connectivity index (χ3n) is 3.25. The minimum Gasteiger partial charge on any atom is -0.313 e. The highest BCUT2D eigenvalue weighted by Crippen LogP contribution is 2.38. The average Bonchev–Trinajstić information content (AvgIpc) is 2.27. The SMILES string of the molecule is C=C(C)CC(NCCC)C1CSC(C)C(C)S1. The van der Waals surface area contributed by atoms with Gasteiger partial charge in [-0.25, -0.2) is 0 Å². The van der Waals surface area contributed by atoms with Gasteiger partial charge in [-0.3, -0.25) is 0 Å². The van der Waals surface area contributed by atoms with E-state index >= 15 is 0 Å². The number of nitrogens with one attached hydrogen (secondary N) is 1. The molecule has 0 spiro atoms. The summed E-state index contributed by atoms with van der Waals surface area (Å²) < 4.78 is 0. The van der Waals surface area contributed by atoms with Crippen molar-refractivity contribution < 1.29 is 0 Å². The minimum atomic E-state index is 0.611. The van der Waals surface area contributed by atoms with Gasteiger partial charge in [-0.05, 0) is 26.3 Å². The third kappa shape index (κ3) is 5.27. The second kappa shape index (κ2) is 7.75. The maximum absolute atomic E-state index is 4.08. The highest BCUT2D eigenvalue weighted by molar-refractivity contribution is 8.07. The van der Waals surface area contributed by atoms with E-state index < -0.39 is 0 Å². The second-order valence-corrected chi connectivity index (χ2v) is 8.17. The number of rotatable bonds is 6. The number of thioether (sulfide) groups is 2. The Kier molecular flexibility index (Phi) is 7.05. The first-order valence-electron chi connectivity index (χ1n) is 6.69. The summed E-state index contributed by atoms with van der Waals surface area (Å²) in [7, 11) is 0. The van der Waals surface area contributed by atoms with Crippen LogP contribution in [0.3, 0.4) is 0 Å². The van der Waals surface area contributed by atoms with E-state index in [4.69, 9.17) is 0 Å². The van der Waals surface area contributed by atoms with E-state index in [0.29, 0.717) is 6.04 Å². The summed E-state index contributed by atoms with van der Waals surface area (Å²) in [5.74, 6) is 1.28. The fourth-order valence-corrected chi connectivity index (χ4v) is 5.19. The van der Waals surface area contributed by atoms with E-state index in [1.807, 2.05) is 0 Å². The van der Waals surface area contributed by atoms with Crippen LogP contribution in [0.1, 0.15) is 40.5 Å². The van der Waals surface area contributed by atoms with E-state index in [9.17, 15) is 0 Å². The Morgan fingerprint density at radius 2 is 2.12 bits per heavy atom. The van der Waals surface area contributed by atoms with Crippen LogP contribution in [0.25, 0.3) is 0 Å². The lowest BCUT2D eigenvalue weighted by Gasteiger charge is -2.36.